The molecule has 448 valence electrons. The van der Waals surface area contributed by atoms with Crippen molar-refractivity contribution < 1.29 is 4.42 Å². The van der Waals surface area contributed by atoms with Crippen molar-refractivity contribution in [2.75, 3.05) is 4.81 Å². The summed E-state index contributed by atoms with van der Waals surface area (Å²) in [7, 11) is 0. The molecule has 0 bridgehead atoms. The zero-order chi connectivity index (χ0) is 62.6. The van der Waals surface area contributed by atoms with Gasteiger partial charge in [-0.1, -0.05) is 223 Å². The Morgan fingerprint density at radius 1 is 0.538 bits per heavy atom. The van der Waals surface area contributed by atoms with Crippen LogP contribution in [-0.2, 0) is 33.5 Å². The normalized spacial score (nSPS) is 15.5. The van der Waals surface area contributed by atoms with Crippen LogP contribution in [0.2, 0.25) is 0 Å². The van der Waals surface area contributed by atoms with Crippen molar-refractivity contribution in [3.63, 3.8) is 0 Å². The van der Waals surface area contributed by atoms with Gasteiger partial charge in [-0.15, -0.1) is 22.7 Å². The predicted octanol–water partition coefficient (Wildman–Crippen LogP) is 23.2. The third-order valence-corrected chi connectivity index (χ3v) is 23.5. The molecule has 2 aliphatic heterocycles. The summed E-state index contributed by atoms with van der Waals surface area (Å²) in [6, 6.07) is 73.0. The second-order valence-corrected chi connectivity index (χ2v) is 33.3. The van der Waals surface area contributed by atoms with Crippen molar-refractivity contribution in [3.8, 4) is 27.9 Å². The van der Waals surface area contributed by atoms with Crippen LogP contribution < -0.4 is 15.1 Å². The van der Waals surface area contributed by atoms with Crippen LogP contribution in [0.3, 0.4) is 0 Å². The van der Waals surface area contributed by atoms with Gasteiger partial charge in [0.15, 0.2) is 0 Å². The summed E-state index contributed by atoms with van der Waals surface area (Å²) < 4.78 is 15.5. The molecule has 0 fully saturated rings. The van der Waals surface area contributed by atoms with Gasteiger partial charge < -0.3 is 13.8 Å². The molecule has 17 rings (SSSR count). The fourth-order valence-electron chi connectivity index (χ4n) is 15.9. The molecule has 0 radical (unpaired) electrons. The number of anilines is 2. The minimum absolute atomic E-state index is 0.00178. The highest BCUT2D eigenvalue weighted by Gasteiger charge is 2.49. The monoisotopic (exact) mass is 1220 g/mol. The highest BCUT2D eigenvalue weighted by Crippen LogP contribution is 2.56. The fourth-order valence-corrected chi connectivity index (χ4v) is 18.3. The van der Waals surface area contributed by atoms with Crippen LogP contribution in [0.15, 0.2) is 192 Å². The van der Waals surface area contributed by atoms with E-state index in [4.69, 9.17) is 4.42 Å². The maximum absolute atomic E-state index is 7.52. The quantitative estimate of drug-likeness (QED) is 0.122. The number of fused-ring (bicyclic) bond motifs is 19. The highest BCUT2D eigenvalue weighted by atomic mass is 32.1. The molecule has 0 atom stereocenters. The van der Waals surface area contributed by atoms with Gasteiger partial charge in [-0.05, 0) is 179 Å². The molecule has 0 saturated heterocycles. The number of benzene rings is 10. The summed E-state index contributed by atoms with van der Waals surface area (Å²) in [4.78, 5) is 2.76. The van der Waals surface area contributed by atoms with E-state index in [0.29, 0.717) is 0 Å². The van der Waals surface area contributed by atoms with E-state index < -0.39 is 0 Å². The minimum atomic E-state index is -0.166. The lowest BCUT2D eigenvalue weighted by Gasteiger charge is -2.42. The Bertz CT molecular complexity index is 5410. The number of hydrogen-bond acceptors (Lipinski definition) is 4. The van der Waals surface area contributed by atoms with Gasteiger partial charge in [-0.3, -0.25) is 0 Å². The first-order valence-electron chi connectivity index (χ1n) is 32.9. The number of aromatic nitrogens is 1. The van der Waals surface area contributed by atoms with Gasteiger partial charge in [0, 0.05) is 68.1 Å². The first-order chi connectivity index (χ1) is 43.5. The Hall–Kier alpha value is -8.42. The van der Waals surface area contributed by atoms with Gasteiger partial charge >= 0.3 is 6.85 Å². The van der Waals surface area contributed by atoms with Crippen molar-refractivity contribution in [1.29, 1.82) is 0 Å². The molecule has 14 aromatic rings. The van der Waals surface area contributed by atoms with E-state index >= 15 is 0 Å². The Balaban J connectivity index is 0.952. The highest BCUT2D eigenvalue weighted by molar-refractivity contribution is 7.32. The zero-order valence-electron chi connectivity index (χ0n) is 54.8. The lowest BCUT2D eigenvalue weighted by atomic mass is 9.47. The summed E-state index contributed by atoms with van der Waals surface area (Å²) in [6.07, 6.45) is 5.50. The second kappa shape index (κ2) is 19.6. The van der Waals surface area contributed by atoms with E-state index in [-0.39, 0.29) is 33.9 Å². The number of rotatable bonds is 6. The van der Waals surface area contributed by atoms with Crippen LogP contribution >= 0.6 is 22.7 Å². The summed E-state index contributed by atoms with van der Waals surface area (Å²) in [5, 5.41) is 8.74. The number of para-hydroxylation sites is 1. The standard InChI is InChI=1S/C85H77BN2OS2/c1-81(2,3)55-29-23-49(24-30-55)41-54(52-26-31-56(32-27-52)82(4,5)6)42-50-25-37-59-61-45-62-68(48-72(61)90-71(59)43-50)88(58-35-33-57(34-36-58)83(7,8)9)86-76-73(62)74-60-21-17-18-22-69(60)89-79(74)75-63-46-65-66(85(12,13)40-39-84(65,10)11)47-67(63)87(78(75)76)77-64-44-53(51-19-15-14-16-20-51)28-38-70(64)91-80(77)86/h14-38,41,43-48H,39-40,42H2,1-13H3/b54-41-. The molecule has 6 heteroatoms. The average molecular weight is 1220 g/mol. The van der Waals surface area contributed by atoms with Crippen LogP contribution in [-0.4, -0.2) is 11.4 Å². The maximum Gasteiger partial charge on any atom is 0.343 e. The summed E-state index contributed by atoms with van der Waals surface area (Å²) >= 11 is 3.92. The Morgan fingerprint density at radius 2 is 1.18 bits per heavy atom. The van der Waals surface area contributed by atoms with Crippen molar-refractivity contribution in [2.45, 2.75) is 136 Å². The number of hydrogen-bond donors (Lipinski definition) is 0. The van der Waals surface area contributed by atoms with E-state index in [1.807, 2.05) is 22.7 Å². The molecule has 0 saturated carbocycles. The largest absolute Gasteiger partial charge is 0.455 e. The Labute approximate surface area is 543 Å². The molecule has 3 nitrogen and oxygen atoms in total. The number of thiophene rings is 2. The van der Waals surface area contributed by atoms with Crippen LogP contribution in [0.4, 0.5) is 11.4 Å². The number of furan rings is 1. The fraction of sp³-hybridized carbons (Fsp3) is 0.247. The van der Waals surface area contributed by atoms with Crippen LogP contribution in [0.1, 0.15) is 147 Å². The Kier molecular flexibility index (Phi) is 12.2. The molecular weight excluding hydrogens is 1140 g/mol. The third-order valence-electron chi connectivity index (χ3n) is 21.2. The van der Waals surface area contributed by atoms with Gasteiger partial charge in [0.2, 0.25) is 0 Å². The van der Waals surface area contributed by atoms with Gasteiger partial charge in [0.25, 0.3) is 0 Å². The summed E-state index contributed by atoms with van der Waals surface area (Å²) in [5.41, 5.74) is 26.7. The minimum Gasteiger partial charge on any atom is -0.455 e. The van der Waals surface area contributed by atoms with Crippen molar-refractivity contribution in [1.82, 2.24) is 4.57 Å². The molecule has 91 heavy (non-hydrogen) atoms. The van der Waals surface area contributed by atoms with E-state index in [1.165, 1.54) is 157 Å². The van der Waals surface area contributed by atoms with Gasteiger partial charge in [0.1, 0.15) is 11.2 Å². The number of nitrogens with zero attached hydrogens (tertiary/aromatic N) is 2. The van der Waals surface area contributed by atoms with Crippen molar-refractivity contribution in [3.05, 3.63) is 233 Å². The molecule has 4 aromatic heterocycles. The molecule has 0 spiro atoms. The SMILES string of the molecule is CC(C)(C)c1ccc(/C=C(/Cc2ccc3c(c2)sc2cc4c(cc23)-c2c3c5c(c6cc7c(cc6n5-c5c(sc6ccc(-c8ccccc8)cc56)B3N4c3ccc(C(C)(C)C)cc3)C(C)(C)CCC7(C)C)c3oc4ccccc4c23)c2ccc(C(C)(C)C)cc2)cc1. The third kappa shape index (κ3) is 8.71. The molecule has 0 unspecified atom stereocenters. The molecule has 6 heterocycles. The van der Waals surface area contributed by atoms with Crippen molar-refractivity contribution >= 4 is 137 Å². The zero-order valence-corrected chi connectivity index (χ0v) is 56.4. The van der Waals surface area contributed by atoms with Crippen molar-refractivity contribution in [2.24, 2.45) is 0 Å². The van der Waals surface area contributed by atoms with E-state index in [2.05, 4.69) is 294 Å². The first-order valence-corrected chi connectivity index (χ1v) is 34.5. The van der Waals surface area contributed by atoms with Crippen LogP contribution in [0.25, 0.3) is 114 Å². The molecule has 3 aliphatic rings. The van der Waals surface area contributed by atoms with E-state index in [0.717, 1.165) is 35.8 Å². The first kappa shape index (κ1) is 56.6. The lowest BCUT2D eigenvalue weighted by Crippen LogP contribution is -2.59. The average Bonchev–Trinajstić information content (AvgIpc) is 1.52. The van der Waals surface area contributed by atoms with E-state index in [1.54, 1.807) is 0 Å². The maximum atomic E-state index is 7.52. The van der Waals surface area contributed by atoms with Gasteiger partial charge in [-0.2, -0.15) is 0 Å². The van der Waals surface area contributed by atoms with Gasteiger partial charge in [-0.25, -0.2) is 0 Å². The van der Waals surface area contributed by atoms with E-state index in [9.17, 15) is 0 Å². The smallest absolute Gasteiger partial charge is 0.343 e. The van der Waals surface area contributed by atoms with Crippen LogP contribution in [0, 0.1) is 0 Å². The lowest BCUT2D eigenvalue weighted by molar-refractivity contribution is 0.332. The summed E-state index contributed by atoms with van der Waals surface area (Å²) in [5.74, 6) is 0. The molecule has 10 aromatic carbocycles. The second-order valence-electron chi connectivity index (χ2n) is 31.1. The molecular formula is C85H77BN2OS2. The topological polar surface area (TPSA) is 21.3 Å². The molecule has 0 N–H and O–H groups in total. The van der Waals surface area contributed by atoms with Gasteiger partial charge in [0.05, 0.1) is 22.1 Å². The number of allylic oxidation sites excluding steroid dienone is 1. The molecule has 0 amide bonds. The predicted molar refractivity (Wildman–Crippen MR) is 397 cm³/mol. The molecule has 1 aliphatic carbocycles. The summed E-state index contributed by atoms with van der Waals surface area (Å²) in [6.45, 7) is 30.5. The Morgan fingerprint density at radius 3 is 1.87 bits per heavy atom. The van der Waals surface area contributed by atoms with Crippen LogP contribution in [0.5, 0.6) is 0 Å².